The zero-order valence-electron chi connectivity index (χ0n) is 11.4. The first kappa shape index (κ1) is 11.6. The van der Waals surface area contributed by atoms with Gasteiger partial charge in [0.2, 0.25) is 4.83 Å². The molecule has 0 saturated heterocycles. The number of hydrogen-bond donors (Lipinski definition) is 0. The Labute approximate surface area is 120 Å². The molecule has 0 unspecified atom stereocenters. The van der Waals surface area contributed by atoms with Crippen LogP contribution in [0.3, 0.4) is 0 Å². The van der Waals surface area contributed by atoms with E-state index in [4.69, 9.17) is 0 Å². The highest BCUT2D eigenvalue weighted by Crippen LogP contribution is 2.30. The van der Waals surface area contributed by atoms with Crippen molar-refractivity contribution in [3.05, 3.63) is 54.4 Å². The van der Waals surface area contributed by atoms with E-state index < -0.39 is 0 Å². The third-order valence-corrected chi connectivity index (χ3v) is 4.65. The van der Waals surface area contributed by atoms with Crippen LogP contribution in [0.5, 0.6) is 0 Å². The number of aromatic nitrogens is 3. The van der Waals surface area contributed by atoms with E-state index >= 15 is 0 Å². The molecule has 0 radical (unpaired) electrons. The van der Waals surface area contributed by atoms with Gasteiger partial charge >= 0.3 is 0 Å². The van der Waals surface area contributed by atoms with Crippen molar-refractivity contribution in [1.82, 2.24) is 9.38 Å². The molecule has 0 aliphatic rings. The third-order valence-electron chi connectivity index (χ3n) is 3.65. The van der Waals surface area contributed by atoms with Crippen molar-refractivity contribution in [2.75, 3.05) is 0 Å². The van der Waals surface area contributed by atoms with E-state index in [0.29, 0.717) is 0 Å². The highest BCUT2D eigenvalue weighted by molar-refractivity contribution is 7.23. The minimum Gasteiger partial charge on any atom is -0.241 e. The van der Waals surface area contributed by atoms with Gasteiger partial charge in [0.25, 0.3) is 5.82 Å². The van der Waals surface area contributed by atoms with Gasteiger partial charge in [-0.15, -0.1) is 0 Å². The Morgan fingerprint density at radius 2 is 2.00 bits per heavy atom. The molecule has 4 aromatic rings. The van der Waals surface area contributed by atoms with Gasteiger partial charge in [-0.25, -0.2) is 9.55 Å². The largest absolute Gasteiger partial charge is 0.295 e. The van der Waals surface area contributed by atoms with Gasteiger partial charge < -0.3 is 0 Å². The maximum Gasteiger partial charge on any atom is 0.295 e. The second-order valence-electron chi connectivity index (χ2n) is 4.98. The molecule has 1 aromatic carbocycles. The molecule has 0 fully saturated rings. The van der Waals surface area contributed by atoms with Crippen LogP contribution >= 0.6 is 11.3 Å². The summed E-state index contributed by atoms with van der Waals surface area (Å²) in [5.74, 6) is 1.21. The van der Waals surface area contributed by atoms with Gasteiger partial charge in [0.1, 0.15) is 6.20 Å². The molecule has 3 nitrogen and oxygen atoms in total. The quantitative estimate of drug-likeness (QED) is 0.490. The molecule has 0 amide bonds. The second-order valence-corrected chi connectivity index (χ2v) is 5.99. The summed E-state index contributed by atoms with van der Waals surface area (Å²) in [6.45, 7) is 2.15. The molecule has 0 aliphatic heterocycles. The molecule has 0 saturated carbocycles. The Hall–Kier alpha value is -2.20. The van der Waals surface area contributed by atoms with Crippen molar-refractivity contribution in [2.45, 2.75) is 6.92 Å². The molecule has 0 N–H and O–H groups in total. The van der Waals surface area contributed by atoms with Crippen LogP contribution in [0.4, 0.5) is 0 Å². The van der Waals surface area contributed by atoms with E-state index in [-0.39, 0.29) is 0 Å². The Kier molecular flexibility index (Phi) is 2.41. The summed E-state index contributed by atoms with van der Waals surface area (Å²) < 4.78 is 4.50. The van der Waals surface area contributed by atoms with E-state index in [1.807, 2.05) is 12.3 Å². The minimum atomic E-state index is 1.08. The zero-order chi connectivity index (χ0) is 13.7. The van der Waals surface area contributed by atoms with Gasteiger partial charge in [-0.05, 0) is 30.7 Å². The summed E-state index contributed by atoms with van der Waals surface area (Å²) in [6, 6.07) is 12.6. The Morgan fingerprint density at radius 1 is 1.15 bits per heavy atom. The van der Waals surface area contributed by atoms with Crippen molar-refractivity contribution in [3.63, 3.8) is 0 Å². The zero-order valence-corrected chi connectivity index (χ0v) is 12.2. The summed E-state index contributed by atoms with van der Waals surface area (Å²) in [4.78, 5) is 6.77. The topological polar surface area (TPSA) is 21.2 Å². The summed E-state index contributed by atoms with van der Waals surface area (Å²) >= 11 is 1.73. The lowest BCUT2D eigenvalue weighted by molar-refractivity contribution is -0.658. The lowest BCUT2D eigenvalue weighted by Crippen LogP contribution is -2.28. The summed E-state index contributed by atoms with van der Waals surface area (Å²) in [6.07, 6.45) is 4.03. The summed E-state index contributed by atoms with van der Waals surface area (Å²) in [5.41, 5.74) is 3.72. The van der Waals surface area contributed by atoms with Crippen molar-refractivity contribution in [2.24, 2.45) is 7.05 Å². The predicted molar refractivity (Wildman–Crippen MR) is 81.9 cm³/mol. The number of imidazole rings is 1. The maximum atomic E-state index is 4.47. The molecule has 3 aromatic heterocycles. The first-order chi connectivity index (χ1) is 9.75. The molecule has 0 atom stereocenters. The van der Waals surface area contributed by atoms with Crippen LogP contribution in [-0.4, -0.2) is 9.38 Å². The number of fused-ring (bicyclic) bond motifs is 3. The summed E-state index contributed by atoms with van der Waals surface area (Å²) in [7, 11) is 2.10. The number of aryl methyl sites for hydroxylation is 2. The SMILES string of the molecule is Cc1ccccc1-c1n2c(c[n+]1C)sc1ncccc12. The minimum absolute atomic E-state index is 1.08. The Morgan fingerprint density at radius 3 is 2.85 bits per heavy atom. The van der Waals surface area contributed by atoms with Crippen molar-refractivity contribution < 1.29 is 4.57 Å². The molecule has 4 rings (SSSR count). The van der Waals surface area contributed by atoms with Crippen LogP contribution in [0, 0.1) is 6.92 Å². The maximum absolute atomic E-state index is 4.47. The van der Waals surface area contributed by atoms with Gasteiger partial charge in [-0.3, -0.25) is 0 Å². The fourth-order valence-corrected chi connectivity index (χ4v) is 3.78. The Balaban J connectivity index is 2.18. The standard InChI is InChI=1S/C16H14N3S/c1-11-6-3-4-7-12(11)16-18(2)10-14-19(16)13-8-5-9-17-15(13)20-14/h3-10H,1-2H3/q+1. The smallest absolute Gasteiger partial charge is 0.241 e. The molecular formula is C16H14N3S+. The lowest BCUT2D eigenvalue weighted by atomic mass is 10.1. The van der Waals surface area contributed by atoms with Gasteiger partial charge in [0.05, 0.1) is 12.6 Å². The fraction of sp³-hybridized carbons (Fsp3) is 0.125. The van der Waals surface area contributed by atoms with E-state index in [9.17, 15) is 0 Å². The number of hydrogen-bond acceptors (Lipinski definition) is 2. The molecular weight excluding hydrogens is 266 g/mol. The van der Waals surface area contributed by atoms with Gasteiger partial charge in [-0.1, -0.05) is 29.5 Å². The van der Waals surface area contributed by atoms with Gasteiger partial charge in [0, 0.05) is 6.20 Å². The van der Waals surface area contributed by atoms with Crippen molar-refractivity contribution in [3.8, 4) is 11.4 Å². The van der Waals surface area contributed by atoms with Crippen molar-refractivity contribution >= 4 is 26.5 Å². The van der Waals surface area contributed by atoms with Crippen LogP contribution in [0.1, 0.15) is 5.56 Å². The molecule has 0 aliphatic carbocycles. The predicted octanol–water partition coefficient (Wildman–Crippen LogP) is 3.35. The average Bonchev–Trinajstić information content (AvgIpc) is 2.94. The first-order valence-corrected chi connectivity index (χ1v) is 7.38. The number of rotatable bonds is 1. The monoisotopic (exact) mass is 280 g/mol. The second kappa shape index (κ2) is 4.15. The van der Waals surface area contributed by atoms with E-state index in [2.05, 4.69) is 64.5 Å². The van der Waals surface area contributed by atoms with Crippen molar-refractivity contribution in [1.29, 1.82) is 0 Å². The van der Waals surface area contributed by atoms with Gasteiger partial charge in [0.15, 0.2) is 10.3 Å². The fourth-order valence-electron chi connectivity index (χ4n) is 2.72. The van der Waals surface area contributed by atoms with Crippen LogP contribution in [0.15, 0.2) is 48.8 Å². The van der Waals surface area contributed by atoms with E-state index in [1.165, 1.54) is 27.3 Å². The molecule has 0 bridgehead atoms. The van der Waals surface area contributed by atoms with Crippen LogP contribution in [-0.2, 0) is 7.05 Å². The van der Waals surface area contributed by atoms with Crippen LogP contribution in [0.25, 0.3) is 26.6 Å². The highest BCUT2D eigenvalue weighted by Gasteiger charge is 2.23. The summed E-state index contributed by atoms with van der Waals surface area (Å²) in [5, 5.41) is 0. The molecule has 20 heavy (non-hydrogen) atoms. The normalized spacial score (nSPS) is 11.5. The third kappa shape index (κ3) is 1.51. The highest BCUT2D eigenvalue weighted by atomic mass is 32.1. The molecule has 0 spiro atoms. The van der Waals surface area contributed by atoms with Gasteiger partial charge in [-0.2, -0.15) is 4.40 Å². The number of thiazole rings is 1. The Bertz CT molecular complexity index is 933. The number of pyridine rings is 1. The van der Waals surface area contributed by atoms with Crippen LogP contribution < -0.4 is 4.57 Å². The lowest BCUT2D eigenvalue weighted by Gasteiger charge is -2.01. The van der Waals surface area contributed by atoms with E-state index in [0.717, 1.165) is 4.83 Å². The van der Waals surface area contributed by atoms with E-state index in [1.54, 1.807) is 11.3 Å². The first-order valence-electron chi connectivity index (χ1n) is 6.56. The average molecular weight is 280 g/mol. The molecule has 3 heterocycles. The number of nitrogens with zero attached hydrogens (tertiary/aromatic N) is 3. The molecule has 4 heteroatoms. The molecule has 98 valence electrons. The van der Waals surface area contributed by atoms with Crippen LogP contribution in [0.2, 0.25) is 0 Å². The number of benzene rings is 1.